The number of rotatable bonds is 1. The summed E-state index contributed by atoms with van der Waals surface area (Å²) in [4.78, 5) is 26.5. The Morgan fingerprint density at radius 3 is 2.47 bits per heavy atom. The van der Waals surface area contributed by atoms with Crippen molar-refractivity contribution in [1.82, 2.24) is 10.2 Å². The fourth-order valence-electron chi connectivity index (χ4n) is 3.80. The number of carbonyl (C=O) groups is 2. The second-order valence-electron chi connectivity index (χ2n) is 6.09. The summed E-state index contributed by atoms with van der Waals surface area (Å²) in [7, 11) is 0. The maximum Gasteiger partial charge on any atom is 0.233 e. The van der Waals surface area contributed by atoms with Gasteiger partial charge in [0.1, 0.15) is 0 Å². The summed E-state index contributed by atoms with van der Waals surface area (Å²) in [6.07, 6.45) is 5.32. The standard InChI is InChI=1S/C15H22N2O2/c1-11-12(3-4-13(11)18)17-10-2-5-15(14(17)19)6-8-16-9-7-15/h16H,2-10H2,1H3. The molecule has 0 bridgehead atoms. The molecule has 1 spiro atoms. The van der Waals surface area contributed by atoms with Gasteiger partial charge in [-0.3, -0.25) is 9.59 Å². The highest BCUT2D eigenvalue weighted by Gasteiger charge is 2.45. The number of nitrogens with zero attached hydrogens (tertiary/aromatic N) is 1. The van der Waals surface area contributed by atoms with Gasteiger partial charge in [0, 0.05) is 24.2 Å². The van der Waals surface area contributed by atoms with Gasteiger partial charge in [-0.05, 0) is 52.1 Å². The minimum absolute atomic E-state index is 0.150. The van der Waals surface area contributed by atoms with Gasteiger partial charge < -0.3 is 10.2 Å². The van der Waals surface area contributed by atoms with Crippen molar-refractivity contribution in [3.8, 4) is 0 Å². The molecule has 2 saturated heterocycles. The van der Waals surface area contributed by atoms with E-state index in [1.54, 1.807) is 0 Å². The second-order valence-corrected chi connectivity index (χ2v) is 6.09. The molecule has 3 rings (SSSR count). The molecule has 0 unspecified atom stereocenters. The summed E-state index contributed by atoms with van der Waals surface area (Å²) in [6, 6.07) is 0. The second kappa shape index (κ2) is 4.75. The SMILES string of the molecule is CC1=C(N2CCCC3(CCNCC3)C2=O)CCC1=O. The number of hydrogen-bond donors (Lipinski definition) is 1. The monoisotopic (exact) mass is 262 g/mol. The van der Waals surface area contributed by atoms with Gasteiger partial charge in [0.2, 0.25) is 5.91 Å². The van der Waals surface area contributed by atoms with Crippen molar-refractivity contribution in [2.75, 3.05) is 19.6 Å². The molecule has 0 radical (unpaired) electrons. The van der Waals surface area contributed by atoms with Crippen molar-refractivity contribution in [2.24, 2.45) is 5.41 Å². The van der Waals surface area contributed by atoms with E-state index in [4.69, 9.17) is 0 Å². The van der Waals surface area contributed by atoms with Crippen molar-refractivity contribution in [2.45, 2.75) is 45.4 Å². The van der Waals surface area contributed by atoms with Crippen LogP contribution in [0.25, 0.3) is 0 Å². The van der Waals surface area contributed by atoms with E-state index in [-0.39, 0.29) is 17.1 Å². The average Bonchev–Trinajstić information content (AvgIpc) is 2.75. The van der Waals surface area contributed by atoms with Crippen LogP contribution in [0.5, 0.6) is 0 Å². The minimum Gasteiger partial charge on any atom is -0.317 e. The normalized spacial score (nSPS) is 27.5. The third-order valence-electron chi connectivity index (χ3n) is 5.06. The Bertz CT molecular complexity index is 442. The molecule has 0 atom stereocenters. The lowest BCUT2D eigenvalue weighted by Gasteiger charge is -2.44. The molecule has 2 heterocycles. The number of nitrogens with one attached hydrogen (secondary N) is 1. The first-order valence-corrected chi connectivity index (χ1v) is 7.40. The van der Waals surface area contributed by atoms with Gasteiger partial charge in [-0.1, -0.05) is 0 Å². The van der Waals surface area contributed by atoms with Crippen LogP contribution >= 0.6 is 0 Å². The molecule has 1 aliphatic carbocycles. The van der Waals surface area contributed by atoms with E-state index >= 15 is 0 Å². The Morgan fingerprint density at radius 1 is 1.11 bits per heavy atom. The number of piperidine rings is 2. The number of hydrogen-bond acceptors (Lipinski definition) is 3. The van der Waals surface area contributed by atoms with E-state index in [2.05, 4.69) is 5.32 Å². The minimum atomic E-state index is -0.150. The third kappa shape index (κ3) is 2.02. The molecule has 4 nitrogen and oxygen atoms in total. The number of carbonyl (C=O) groups excluding carboxylic acids is 2. The molecule has 104 valence electrons. The van der Waals surface area contributed by atoms with Crippen LogP contribution in [0.1, 0.15) is 45.4 Å². The van der Waals surface area contributed by atoms with Crippen LogP contribution in [0, 0.1) is 5.41 Å². The Kier molecular flexibility index (Phi) is 3.21. The molecule has 4 heteroatoms. The summed E-state index contributed by atoms with van der Waals surface area (Å²) >= 11 is 0. The zero-order chi connectivity index (χ0) is 13.5. The molecular weight excluding hydrogens is 240 g/mol. The molecule has 0 aromatic heterocycles. The van der Waals surface area contributed by atoms with Gasteiger partial charge in [0.25, 0.3) is 0 Å². The first-order chi connectivity index (χ1) is 9.14. The van der Waals surface area contributed by atoms with Crippen molar-refractivity contribution in [3.63, 3.8) is 0 Å². The van der Waals surface area contributed by atoms with Crippen LogP contribution in [0.4, 0.5) is 0 Å². The van der Waals surface area contributed by atoms with E-state index in [1.165, 1.54) is 0 Å². The Hall–Kier alpha value is -1.16. The molecule has 2 fully saturated rings. The lowest BCUT2D eigenvalue weighted by Crippen LogP contribution is -2.52. The van der Waals surface area contributed by atoms with Crippen LogP contribution in [-0.2, 0) is 9.59 Å². The molecular formula is C15H22N2O2. The van der Waals surface area contributed by atoms with Crippen LogP contribution in [-0.4, -0.2) is 36.2 Å². The summed E-state index contributed by atoms with van der Waals surface area (Å²) < 4.78 is 0. The average molecular weight is 262 g/mol. The molecule has 1 amide bonds. The van der Waals surface area contributed by atoms with Gasteiger partial charge in [-0.2, -0.15) is 0 Å². The molecule has 19 heavy (non-hydrogen) atoms. The maximum atomic E-state index is 12.9. The van der Waals surface area contributed by atoms with Crippen LogP contribution < -0.4 is 5.32 Å². The molecule has 0 saturated carbocycles. The van der Waals surface area contributed by atoms with Crippen LogP contribution in [0.2, 0.25) is 0 Å². The van der Waals surface area contributed by atoms with Crippen molar-refractivity contribution in [1.29, 1.82) is 0 Å². The fourth-order valence-corrected chi connectivity index (χ4v) is 3.80. The van der Waals surface area contributed by atoms with Crippen LogP contribution in [0.3, 0.4) is 0 Å². The third-order valence-corrected chi connectivity index (χ3v) is 5.06. The highest BCUT2D eigenvalue weighted by Crippen LogP contribution is 2.42. The summed E-state index contributed by atoms with van der Waals surface area (Å²) in [5, 5.41) is 3.34. The fraction of sp³-hybridized carbons (Fsp3) is 0.733. The maximum absolute atomic E-state index is 12.9. The quantitative estimate of drug-likeness (QED) is 0.781. The number of amides is 1. The predicted molar refractivity (Wildman–Crippen MR) is 72.4 cm³/mol. The molecule has 0 aromatic carbocycles. The van der Waals surface area contributed by atoms with Gasteiger partial charge in [-0.15, -0.1) is 0 Å². The highest BCUT2D eigenvalue weighted by molar-refractivity contribution is 5.99. The van der Waals surface area contributed by atoms with E-state index in [9.17, 15) is 9.59 Å². The first kappa shape index (κ1) is 12.9. The van der Waals surface area contributed by atoms with E-state index in [0.29, 0.717) is 6.42 Å². The number of likely N-dealkylation sites (tertiary alicyclic amines) is 1. The van der Waals surface area contributed by atoms with Gasteiger partial charge in [0.15, 0.2) is 5.78 Å². The summed E-state index contributed by atoms with van der Waals surface area (Å²) in [5.41, 5.74) is 1.68. The Morgan fingerprint density at radius 2 is 1.84 bits per heavy atom. The molecule has 3 aliphatic rings. The van der Waals surface area contributed by atoms with Crippen molar-refractivity contribution >= 4 is 11.7 Å². The van der Waals surface area contributed by atoms with Gasteiger partial charge in [0.05, 0.1) is 5.41 Å². The zero-order valence-corrected chi connectivity index (χ0v) is 11.6. The lowest BCUT2D eigenvalue weighted by atomic mass is 9.72. The largest absolute Gasteiger partial charge is 0.317 e. The highest BCUT2D eigenvalue weighted by atomic mass is 16.2. The van der Waals surface area contributed by atoms with Gasteiger partial charge >= 0.3 is 0 Å². The summed E-state index contributed by atoms with van der Waals surface area (Å²) in [6.45, 7) is 4.56. The first-order valence-electron chi connectivity index (χ1n) is 7.40. The van der Waals surface area contributed by atoms with Crippen molar-refractivity contribution in [3.05, 3.63) is 11.3 Å². The predicted octanol–water partition coefficient (Wildman–Crippen LogP) is 1.62. The lowest BCUT2D eigenvalue weighted by molar-refractivity contribution is -0.146. The zero-order valence-electron chi connectivity index (χ0n) is 11.6. The van der Waals surface area contributed by atoms with Gasteiger partial charge in [-0.25, -0.2) is 0 Å². The Balaban J connectivity index is 1.87. The molecule has 1 N–H and O–H groups in total. The molecule has 0 aromatic rings. The smallest absolute Gasteiger partial charge is 0.233 e. The number of Topliss-reactive ketones (excluding diaryl/α,β-unsaturated/α-hetero) is 1. The Labute approximate surface area is 114 Å². The van der Waals surface area contributed by atoms with Crippen molar-refractivity contribution < 1.29 is 9.59 Å². The topological polar surface area (TPSA) is 49.4 Å². The summed E-state index contributed by atoms with van der Waals surface area (Å²) in [5.74, 6) is 0.497. The van der Waals surface area contributed by atoms with Crippen LogP contribution in [0.15, 0.2) is 11.3 Å². The van der Waals surface area contributed by atoms with E-state index in [0.717, 1.165) is 63.0 Å². The molecule has 2 aliphatic heterocycles. The number of allylic oxidation sites excluding steroid dienone is 2. The van der Waals surface area contributed by atoms with E-state index < -0.39 is 0 Å². The number of ketones is 1. The van der Waals surface area contributed by atoms with E-state index in [1.807, 2.05) is 11.8 Å².